The van der Waals surface area contributed by atoms with Gasteiger partial charge in [0, 0.05) is 24.7 Å². The Kier molecular flexibility index (Phi) is 6.48. The molecule has 2 amide bonds. The zero-order valence-electron chi connectivity index (χ0n) is 19.7. The topological polar surface area (TPSA) is 129 Å². The van der Waals surface area contributed by atoms with E-state index in [-0.39, 0.29) is 58.1 Å². The second kappa shape index (κ2) is 9.42. The highest BCUT2D eigenvalue weighted by atomic mass is 19.4. The van der Waals surface area contributed by atoms with Crippen LogP contribution < -0.4 is 10.6 Å². The lowest BCUT2D eigenvalue weighted by molar-refractivity contribution is -0.137. The molecule has 0 saturated carbocycles. The number of Topliss-reactive ketones (excluding diaryl/α,β-unsaturated/α-hetero) is 1. The number of hydrogen-bond donors (Lipinski definition) is 1. The zero-order valence-corrected chi connectivity index (χ0v) is 19.7. The number of nitrogens with two attached hydrogens (primary N) is 1. The molecule has 0 spiro atoms. The summed E-state index contributed by atoms with van der Waals surface area (Å²) >= 11 is 0. The number of rotatable bonds is 4. The van der Waals surface area contributed by atoms with Crippen molar-refractivity contribution in [3.05, 3.63) is 76.0 Å². The van der Waals surface area contributed by atoms with E-state index in [2.05, 4.69) is 5.16 Å². The molecule has 0 saturated heterocycles. The molecule has 1 aliphatic heterocycles. The van der Waals surface area contributed by atoms with Crippen molar-refractivity contribution in [3.8, 4) is 6.07 Å². The first-order valence-corrected chi connectivity index (χ1v) is 11.0. The minimum Gasteiger partial charge on any atom is -0.385 e. The van der Waals surface area contributed by atoms with Crippen molar-refractivity contribution in [2.45, 2.75) is 32.0 Å². The van der Waals surface area contributed by atoms with Crippen molar-refractivity contribution in [1.29, 1.82) is 5.26 Å². The van der Waals surface area contributed by atoms with Crippen molar-refractivity contribution in [2.75, 3.05) is 11.9 Å². The van der Waals surface area contributed by atoms with E-state index in [4.69, 9.17) is 10.6 Å². The van der Waals surface area contributed by atoms with Gasteiger partial charge in [0.25, 0.3) is 0 Å². The number of amides is 2. The summed E-state index contributed by atoms with van der Waals surface area (Å²) in [5.74, 6) is -1.33. The maximum atomic E-state index is 13.6. The normalized spacial score (nSPS) is 18.2. The number of hydrogen-bond acceptors (Lipinski definition) is 6. The first-order chi connectivity index (χ1) is 17.4. The maximum absolute atomic E-state index is 13.6. The van der Waals surface area contributed by atoms with Gasteiger partial charge in [-0.15, -0.1) is 0 Å². The van der Waals surface area contributed by atoms with Gasteiger partial charge in [0.05, 0.1) is 34.5 Å². The molecule has 0 radical (unpaired) electrons. The monoisotopic (exact) mass is 511 g/mol. The Morgan fingerprint density at radius 3 is 2.57 bits per heavy atom. The second-order valence-corrected chi connectivity index (χ2v) is 8.49. The molecule has 2 aromatic rings. The summed E-state index contributed by atoms with van der Waals surface area (Å²) in [5, 5.41) is 12.8. The van der Waals surface area contributed by atoms with Crippen molar-refractivity contribution in [3.63, 3.8) is 0 Å². The third-order valence-electron chi connectivity index (χ3n) is 6.02. The first-order valence-electron chi connectivity index (χ1n) is 11.0. The Balaban J connectivity index is 1.89. The van der Waals surface area contributed by atoms with Gasteiger partial charge in [-0.2, -0.15) is 18.4 Å². The third kappa shape index (κ3) is 4.63. The number of anilines is 1. The minimum absolute atomic E-state index is 0.0322. The lowest BCUT2D eigenvalue weighted by Gasteiger charge is -2.40. The van der Waals surface area contributed by atoms with Crippen LogP contribution in [0.25, 0.3) is 0 Å². The first kappa shape index (κ1) is 25.4. The van der Waals surface area contributed by atoms with E-state index < -0.39 is 29.8 Å². The van der Waals surface area contributed by atoms with Crippen LogP contribution >= 0.6 is 0 Å². The van der Waals surface area contributed by atoms with Gasteiger partial charge in [-0.05, 0) is 49.2 Å². The molecule has 12 heteroatoms. The summed E-state index contributed by atoms with van der Waals surface area (Å²) in [6, 6.07) is 8.52. The highest BCUT2D eigenvalue weighted by Crippen LogP contribution is 2.45. The van der Waals surface area contributed by atoms with Crippen molar-refractivity contribution < 1.29 is 32.4 Å². The lowest BCUT2D eigenvalue weighted by Crippen LogP contribution is -2.48. The standard InChI is InChI=1S/C25H20F3N5O4/c1-13(30)31-37-23(35)18-10-14(12-29)6-7-17(18)22-21-19(8-9-20(21)34)33(24(36)32(22)2)16-5-3-4-15(11-16)25(26,27)28/h3-7,10-11,22H,8-9H2,1-2H3,(H2,30,31). The molecule has 2 aliphatic rings. The van der Waals surface area contributed by atoms with E-state index in [9.17, 15) is 32.8 Å². The van der Waals surface area contributed by atoms with Crippen LogP contribution in [-0.2, 0) is 15.8 Å². The smallest absolute Gasteiger partial charge is 0.385 e. The van der Waals surface area contributed by atoms with Gasteiger partial charge < -0.3 is 15.5 Å². The molecule has 0 aromatic heterocycles. The molecular weight excluding hydrogens is 491 g/mol. The number of urea groups is 1. The number of nitriles is 1. The van der Waals surface area contributed by atoms with Crippen LogP contribution in [0.4, 0.5) is 23.7 Å². The lowest BCUT2D eigenvalue weighted by atomic mass is 9.89. The summed E-state index contributed by atoms with van der Waals surface area (Å²) in [5.41, 5.74) is 5.05. The molecule has 2 N–H and O–H groups in total. The molecule has 1 atom stereocenters. The summed E-state index contributed by atoms with van der Waals surface area (Å²) < 4.78 is 40.1. The Morgan fingerprint density at radius 2 is 1.92 bits per heavy atom. The molecule has 1 heterocycles. The quantitative estimate of drug-likeness (QED) is 0.283. The average Bonchev–Trinajstić information content (AvgIpc) is 3.23. The van der Waals surface area contributed by atoms with Gasteiger partial charge in [0.15, 0.2) is 5.78 Å². The molecule has 2 aromatic carbocycles. The number of halogens is 3. The van der Waals surface area contributed by atoms with Crippen molar-refractivity contribution >= 4 is 29.3 Å². The number of carbonyl (C=O) groups is 3. The molecular formula is C25H20F3N5O4. The summed E-state index contributed by atoms with van der Waals surface area (Å²) in [6.07, 6.45) is -4.48. The van der Waals surface area contributed by atoms with Crippen LogP contribution in [0.3, 0.4) is 0 Å². The van der Waals surface area contributed by atoms with E-state index >= 15 is 0 Å². The minimum atomic E-state index is -4.63. The van der Waals surface area contributed by atoms with Crippen LogP contribution in [0.5, 0.6) is 0 Å². The number of allylic oxidation sites excluding steroid dienone is 1. The highest BCUT2D eigenvalue weighted by molar-refractivity contribution is 6.08. The molecule has 37 heavy (non-hydrogen) atoms. The number of likely N-dealkylation sites (N-methyl/N-ethyl adjacent to an activating group) is 1. The average molecular weight is 511 g/mol. The van der Waals surface area contributed by atoms with Crippen molar-refractivity contribution in [1.82, 2.24) is 4.90 Å². The zero-order chi connectivity index (χ0) is 27.1. The predicted molar refractivity (Wildman–Crippen MR) is 125 cm³/mol. The van der Waals surface area contributed by atoms with E-state index in [1.165, 1.54) is 44.3 Å². The number of benzene rings is 2. The van der Waals surface area contributed by atoms with Crippen LogP contribution in [0, 0.1) is 11.3 Å². The van der Waals surface area contributed by atoms with Crippen molar-refractivity contribution in [2.24, 2.45) is 10.9 Å². The fraction of sp³-hybridized carbons (Fsp3) is 0.240. The molecule has 9 nitrogen and oxygen atoms in total. The van der Waals surface area contributed by atoms with Gasteiger partial charge in [-0.3, -0.25) is 9.69 Å². The summed E-state index contributed by atoms with van der Waals surface area (Å²) in [4.78, 5) is 46.6. The number of carbonyl (C=O) groups excluding carboxylic acids is 3. The van der Waals surface area contributed by atoms with Crippen LogP contribution in [0.15, 0.2) is 58.9 Å². The predicted octanol–water partition coefficient (Wildman–Crippen LogP) is 4.26. The molecule has 1 aliphatic carbocycles. The Labute approximate surface area is 209 Å². The Morgan fingerprint density at radius 1 is 1.19 bits per heavy atom. The van der Waals surface area contributed by atoms with Crippen LogP contribution in [0.2, 0.25) is 0 Å². The fourth-order valence-corrected chi connectivity index (χ4v) is 4.44. The Hall–Kier alpha value is -4.66. The van der Waals surface area contributed by atoms with E-state index in [0.29, 0.717) is 0 Å². The molecule has 190 valence electrons. The summed E-state index contributed by atoms with van der Waals surface area (Å²) in [7, 11) is 1.37. The molecule has 1 unspecified atom stereocenters. The van der Waals surface area contributed by atoms with Crippen LogP contribution in [0.1, 0.15) is 52.9 Å². The van der Waals surface area contributed by atoms with Crippen LogP contribution in [-0.4, -0.2) is 35.6 Å². The van der Waals surface area contributed by atoms with Gasteiger partial charge in [-0.1, -0.05) is 17.3 Å². The van der Waals surface area contributed by atoms with Gasteiger partial charge in [0.1, 0.15) is 5.84 Å². The SMILES string of the molecule is C/C(N)=N\OC(=O)c1cc(C#N)ccc1C1C2=C(CCC2=O)N(c2cccc(C(F)(F)F)c2)C(=O)N1C. The fourth-order valence-electron chi connectivity index (χ4n) is 4.44. The maximum Gasteiger partial charge on any atom is 0.416 e. The Bertz CT molecular complexity index is 1420. The van der Waals surface area contributed by atoms with Gasteiger partial charge in [0.2, 0.25) is 0 Å². The number of ketones is 1. The van der Waals surface area contributed by atoms with E-state index in [0.717, 1.165) is 21.9 Å². The number of oxime groups is 1. The summed E-state index contributed by atoms with van der Waals surface area (Å²) in [6.45, 7) is 1.39. The highest BCUT2D eigenvalue weighted by Gasteiger charge is 2.46. The third-order valence-corrected chi connectivity index (χ3v) is 6.02. The van der Waals surface area contributed by atoms with Gasteiger partial charge in [-0.25, -0.2) is 9.59 Å². The molecule has 0 bridgehead atoms. The second-order valence-electron chi connectivity index (χ2n) is 8.49. The largest absolute Gasteiger partial charge is 0.416 e. The van der Waals surface area contributed by atoms with Gasteiger partial charge >= 0.3 is 18.2 Å². The number of amidine groups is 1. The molecule has 4 rings (SSSR count). The molecule has 0 fully saturated rings. The number of alkyl halides is 3. The van der Waals surface area contributed by atoms with E-state index in [1.807, 2.05) is 6.07 Å². The van der Waals surface area contributed by atoms with E-state index in [1.54, 1.807) is 0 Å². The number of nitrogens with zero attached hydrogens (tertiary/aromatic N) is 4.